The van der Waals surface area contributed by atoms with Gasteiger partial charge in [-0.2, -0.15) is 0 Å². The van der Waals surface area contributed by atoms with Crippen LogP contribution < -0.4 is 4.74 Å². The normalized spacial score (nSPS) is 10.7. The number of ether oxygens (including phenoxy) is 1. The Labute approximate surface area is 107 Å². The Kier molecular flexibility index (Phi) is 3.67. The molecule has 18 heavy (non-hydrogen) atoms. The summed E-state index contributed by atoms with van der Waals surface area (Å²) in [6, 6.07) is 7.82. The maximum atomic E-state index is 9.29. The molecular formula is C14H18N2O2. The number of imidazole rings is 1. The van der Waals surface area contributed by atoms with Crippen molar-refractivity contribution in [1.82, 2.24) is 9.55 Å². The summed E-state index contributed by atoms with van der Waals surface area (Å²) in [5.41, 5.74) is 2.73. The lowest BCUT2D eigenvalue weighted by Gasteiger charge is -2.06. The summed E-state index contributed by atoms with van der Waals surface area (Å²) in [4.78, 5) is 4.49. The Bertz CT molecular complexity index is 529. The number of aromatic nitrogens is 2. The quantitative estimate of drug-likeness (QED) is 0.900. The highest BCUT2D eigenvalue weighted by atomic mass is 16.5. The van der Waals surface area contributed by atoms with Crippen LogP contribution in [0, 0.1) is 6.92 Å². The van der Waals surface area contributed by atoms with Crippen molar-refractivity contribution < 1.29 is 9.84 Å². The third kappa shape index (κ3) is 2.24. The Hall–Kier alpha value is -1.81. The highest BCUT2D eigenvalue weighted by Crippen LogP contribution is 2.23. The second-order valence-corrected chi connectivity index (χ2v) is 4.14. The standard InChI is InChI=1S/C14H18N2O2/c1-4-18-12-7-5-11(6-8-12)14-15-10(2)13(9-17)16(14)3/h5-8,17H,4,9H2,1-3H3. The molecule has 2 aromatic rings. The van der Waals surface area contributed by atoms with Gasteiger partial charge in [-0.3, -0.25) is 0 Å². The molecule has 0 saturated carbocycles. The molecule has 0 atom stereocenters. The van der Waals surface area contributed by atoms with Gasteiger partial charge in [0.1, 0.15) is 11.6 Å². The molecule has 0 aliphatic rings. The van der Waals surface area contributed by atoms with Crippen molar-refractivity contribution >= 4 is 0 Å². The second kappa shape index (κ2) is 5.23. The largest absolute Gasteiger partial charge is 0.494 e. The number of aryl methyl sites for hydroxylation is 1. The third-order valence-electron chi connectivity index (χ3n) is 2.99. The van der Waals surface area contributed by atoms with E-state index < -0.39 is 0 Å². The maximum absolute atomic E-state index is 9.29. The molecule has 1 N–H and O–H groups in total. The van der Waals surface area contributed by atoms with E-state index in [0.29, 0.717) is 6.61 Å². The van der Waals surface area contributed by atoms with E-state index in [1.807, 2.05) is 49.7 Å². The van der Waals surface area contributed by atoms with Crippen molar-refractivity contribution in [2.45, 2.75) is 20.5 Å². The molecular weight excluding hydrogens is 228 g/mol. The van der Waals surface area contributed by atoms with E-state index in [1.165, 1.54) is 0 Å². The SMILES string of the molecule is CCOc1ccc(-c2nc(C)c(CO)n2C)cc1. The number of aliphatic hydroxyl groups excluding tert-OH is 1. The molecule has 0 spiro atoms. The van der Waals surface area contributed by atoms with E-state index in [2.05, 4.69) is 4.98 Å². The molecule has 0 aliphatic carbocycles. The number of rotatable bonds is 4. The monoisotopic (exact) mass is 246 g/mol. The van der Waals surface area contributed by atoms with Gasteiger partial charge >= 0.3 is 0 Å². The predicted molar refractivity (Wildman–Crippen MR) is 70.5 cm³/mol. The molecule has 0 bridgehead atoms. The lowest BCUT2D eigenvalue weighted by Crippen LogP contribution is -1.99. The molecule has 0 unspecified atom stereocenters. The first-order valence-corrected chi connectivity index (χ1v) is 6.03. The van der Waals surface area contributed by atoms with Crippen LogP contribution in [0.25, 0.3) is 11.4 Å². The minimum Gasteiger partial charge on any atom is -0.494 e. The molecule has 0 amide bonds. The molecule has 0 fully saturated rings. The molecule has 0 saturated heterocycles. The van der Waals surface area contributed by atoms with E-state index in [-0.39, 0.29) is 6.61 Å². The zero-order valence-corrected chi connectivity index (χ0v) is 11.0. The fourth-order valence-corrected chi connectivity index (χ4v) is 2.01. The summed E-state index contributed by atoms with van der Waals surface area (Å²) < 4.78 is 7.33. The van der Waals surface area contributed by atoms with Crippen molar-refractivity contribution in [2.75, 3.05) is 6.61 Å². The van der Waals surface area contributed by atoms with E-state index in [1.54, 1.807) is 0 Å². The number of nitrogens with zero attached hydrogens (tertiary/aromatic N) is 2. The lowest BCUT2D eigenvalue weighted by molar-refractivity contribution is 0.272. The molecule has 96 valence electrons. The van der Waals surface area contributed by atoms with Crippen LogP contribution in [0.4, 0.5) is 0 Å². The van der Waals surface area contributed by atoms with Crippen LogP contribution in [-0.4, -0.2) is 21.3 Å². The van der Waals surface area contributed by atoms with Crippen LogP contribution in [0.5, 0.6) is 5.75 Å². The highest BCUT2D eigenvalue weighted by molar-refractivity contribution is 5.58. The minimum absolute atomic E-state index is 0.00631. The van der Waals surface area contributed by atoms with Gasteiger partial charge in [0.15, 0.2) is 0 Å². The van der Waals surface area contributed by atoms with Crippen LogP contribution in [0.15, 0.2) is 24.3 Å². The lowest BCUT2D eigenvalue weighted by atomic mass is 10.2. The third-order valence-corrected chi connectivity index (χ3v) is 2.99. The first kappa shape index (κ1) is 12.6. The minimum atomic E-state index is 0.00631. The van der Waals surface area contributed by atoms with Crippen LogP contribution in [-0.2, 0) is 13.7 Å². The maximum Gasteiger partial charge on any atom is 0.140 e. The van der Waals surface area contributed by atoms with Gasteiger partial charge in [0.2, 0.25) is 0 Å². The molecule has 1 aromatic carbocycles. The van der Waals surface area contributed by atoms with Crippen LogP contribution in [0.2, 0.25) is 0 Å². The fraction of sp³-hybridized carbons (Fsp3) is 0.357. The summed E-state index contributed by atoms with van der Waals surface area (Å²) in [6.07, 6.45) is 0. The van der Waals surface area contributed by atoms with Crippen LogP contribution in [0.3, 0.4) is 0 Å². The highest BCUT2D eigenvalue weighted by Gasteiger charge is 2.12. The number of hydrogen-bond donors (Lipinski definition) is 1. The van der Waals surface area contributed by atoms with Gasteiger partial charge in [0.25, 0.3) is 0 Å². The average Bonchev–Trinajstić information content (AvgIpc) is 2.66. The Balaban J connectivity index is 2.36. The van der Waals surface area contributed by atoms with Crippen LogP contribution in [0.1, 0.15) is 18.3 Å². The van der Waals surface area contributed by atoms with Crippen molar-refractivity contribution in [3.63, 3.8) is 0 Å². The summed E-state index contributed by atoms with van der Waals surface area (Å²) in [5.74, 6) is 1.72. The Morgan fingerprint density at radius 2 is 1.94 bits per heavy atom. The van der Waals surface area contributed by atoms with Gasteiger partial charge in [-0.15, -0.1) is 0 Å². The topological polar surface area (TPSA) is 47.3 Å². The van der Waals surface area contributed by atoms with Crippen molar-refractivity contribution in [3.05, 3.63) is 35.7 Å². The van der Waals surface area contributed by atoms with E-state index in [0.717, 1.165) is 28.5 Å². The van der Waals surface area contributed by atoms with Crippen LogP contribution >= 0.6 is 0 Å². The molecule has 2 rings (SSSR count). The zero-order chi connectivity index (χ0) is 13.1. The molecule has 1 heterocycles. The van der Waals surface area contributed by atoms with Gasteiger partial charge in [-0.1, -0.05) is 0 Å². The Morgan fingerprint density at radius 1 is 1.28 bits per heavy atom. The smallest absolute Gasteiger partial charge is 0.140 e. The molecule has 4 heteroatoms. The van der Waals surface area contributed by atoms with Gasteiger partial charge < -0.3 is 14.4 Å². The van der Waals surface area contributed by atoms with Gasteiger partial charge in [0.05, 0.1) is 24.6 Å². The summed E-state index contributed by atoms with van der Waals surface area (Å²) in [5, 5.41) is 9.29. The predicted octanol–water partition coefficient (Wildman–Crippen LogP) is 2.29. The van der Waals surface area contributed by atoms with E-state index in [4.69, 9.17) is 4.74 Å². The van der Waals surface area contributed by atoms with Crippen molar-refractivity contribution in [2.24, 2.45) is 7.05 Å². The van der Waals surface area contributed by atoms with Crippen molar-refractivity contribution in [3.8, 4) is 17.1 Å². The van der Waals surface area contributed by atoms with E-state index >= 15 is 0 Å². The second-order valence-electron chi connectivity index (χ2n) is 4.14. The van der Waals surface area contributed by atoms with E-state index in [9.17, 15) is 5.11 Å². The molecule has 0 radical (unpaired) electrons. The summed E-state index contributed by atoms with van der Waals surface area (Å²) in [7, 11) is 1.91. The fourth-order valence-electron chi connectivity index (χ4n) is 2.01. The Morgan fingerprint density at radius 3 is 2.44 bits per heavy atom. The van der Waals surface area contributed by atoms with Gasteiger partial charge in [-0.25, -0.2) is 4.98 Å². The summed E-state index contributed by atoms with van der Waals surface area (Å²) in [6.45, 7) is 4.54. The van der Waals surface area contributed by atoms with Gasteiger partial charge in [0, 0.05) is 12.6 Å². The number of aliphatic hydroxyl groups is 1. The summed E-state index contributed by atoms with van der Waals surface area (Å²) >= 11 is 0. The van der Waals surface area contributed by atoms with Gasteiger partial charge in [-0.05, 0) is 38.1 Å². The number of hydrogen-bond acceptors (Lipinski definition) is 3. The first-order valence-electron chi connectivity index (χ1n) is 6.03. The zero-order valence-electron chi connectivity index (χ0n) is 11.0. The number of benzene rings is 1. The molecule has 1 aromatic heterocycles. The molecule has 0 aliphatic heterocycles. The molecule has 4 nitrogen and oxygen atoms in total. The van der Waals surface area contributed by atoms with Crippen molar-refractivity contribution in [1.29, 1.82) is 0 Å². The average molecular weight is 246 g/mol. The first-order chi connectivity index (χ1) is 8.67.